The van der Waals surface area contributed by atoms with Gasteiger partial charge in [-0.15, -0.1) is 0 Å². The molecule has 0 radical (unpaired) electrons. The van der Waals surface area contributed by atoms with Crippen LogP contribution in [0.15, 0.2) is 18.2 Å². The fourth-order valence-corrected chi connectivity index (χ4v) is 2.47. The minimum atomic E-state index is 0.829. The summed E-state index contributed by atoms with van der Waals surface area (Å²) in [6.07, 6.45) is 2.42. The molecule has 88 valence electrons. The Hall–Kier alpha value is -0.730. The number of hydrogen-bond donors (Lipinski definition) is 1. The van der Waals surface area contributed by atoms with E-state index < -0.39 is 0 Å². The fourth-order valence-electron chi connectivity index (χ4n) is 2.24. The average molecular weight is 239 g/mol. The van der Waals surface area contributed by atoms with E-state index in [4.69, 9.17) is 11.6 Å². The number of halogens is 1. The van der Waals surface area contributed by atoms with Gasteiger partial charge in [0.05, 0.1) is 0 Å². The van der Waals surface area contributed by atoms with E-state index in [0.717, 1.165) is 31.2 Å². The molecule has 1 fully saturated rings. The smallest absolute Gasteiger partial charge is 0.0410 e. The van der Waals surface area contributed by atoms with Gasteiger partial charge in [0.1, 0.15) is 0 Å². The number of rotatable bonds is 1. The van der Waals surface area contributed by atoms with Gasteiger partial charge in [0.25, 0.3) is 0 Å². The number of benzene rings is 1. The molecule has 0 aromatic heterocycles. The Balaban J connectivity index is 2.14. The molecule has 1 saturated heterocycles. The molecule has 1 aliphatic rings. The van der Waals surface area contributed by atoms with Crippen LogP contribution in [0.1, 0.15) is 18.4 Å². The van der Waals surface area contributed by atoms with Crippen LogP contribution in [0.3, 0.4) is 0 Å². The zero-order chi connectivity index (χ0) is 11.4. The molecule has 3 heteroatoms. The topological polar surface area (TPSA) is 15.3 Å². The molecule has 0 amide bonds. The Morgan fingerprint density at radius 1 is 1.19 bits per heavy atom. The summed E-state index contributed by atoms with van der Waals surface area (Å²) in [4.78, 5) is 2.48. The van der Waals surface area contributed by atoms with Gasteiger partial charge < -0.3 is 10.2 Å². The maximum absolute atomic E-state index is 5.99. The van der Waals surface area contributed by atoms with Gasteiger partial charge >= 0.3 is 0 Å². The molecule has 1 aromatic carbocycles. The highest BCUT2D eigenvalue weighted by atomic mass is 35.5. The Labute approximate surface area is 103 Å². The summed E-state index contributed by atoms with van der Waals surface area (Å²) in [6.45, 7) is 6.66. The van der Waals surface area contributed by atoms with Gasteiger partial charge in [-0.2, -0.15) is 0 Å². The second kappa shape index (κ2) is 5.55. The first-order valence-corrected chi connectivity index (χ1v) is 6.37. The van der Waals surface area contributed by atoms with Gasteiger partial charge in [-0.05, 0) is 56.6 Å². The number of nitrogens with zero attached hydrogens (tertiary/aromatic N) is 1. The fraction of sp³-hybridized carbons (Fsp3) is 0.538. The largest absolute Gasteiger partial charge is 0.371 e. The lowest BCUT2D eigenvalue weighted by Gasteiger charge is -2.28. The van der Waals surface area contributed by atoms with Crippen molar-refractivity contribution in [1.29, 1.82) is 0 Å². The van der Waals surface area contributed by atoms with Crippen molar-refractivity contribution in [1.82, 2.24) is 5.32 Å². The van der Waals surface area contributed by atoms with E-state index >= 15 is 0 Å². The normalized spacial score (nSPS) is 18.0. The Bertz CT molecular complexity index is 344. The maximum Gasteiger partial charge on any atom is 0.0410 e. The molecule has 1 N–H and O–H groups in total. The van der Waals surface area contributed by atoms with Crippen LogP contribution >= 0.6 is 11.6 Å². The first-order chi connectivity index (χ1) is 7.77. The van der Waals surface area contributed by atoms with E-state index in [9.17, 15) is 0 Å². The summed E-state index contributed by atoms with van der Waals surface area (Å²) in [6, 6.07) is 6.18. The summed E-state index contributed by atoms with van der Waals surface area (Å²) >= 11 is 5.99. The van der Waals surface area contributed by atoms with E-state index in [1.165, 1.54) is 24.1 Å². The van der Waals surface area contributed by atoms with Gasteiger partial charge in [-0.25, -0.2) is 0 Å². The molecule has 1 aliphatic heterocycles. The molecule has 0 saturated carbocycles. The first-order valence-electron chi connectivity index (χ1n) is 5.99. The monoisotopic (exact) mass is 238 g/mol. The Morgan fingerprint density at radius 2 is 1.88 bits per heavy atom. The molecule has 0 spiro atoms. The van der Waals surface area contributed by atoms with E-state index in [0.29, 0.717) is 0 Å². The lowest BCUT2D eigenvalue weighted by atomic mass is 10.1. The average Bonchev–Trinajstić information content (AvgIpc) is 2.19. The zero-order valence-corrected chi connectivity index (χ0v) is 10.6. The van der Waals surface area contributed by atoms with Gasteiger partial charge in [-0.1, -0.05) is 11.6 Å². The van der Waals surface area contributed by atoms with Crippen LogP contribution < -0.4 is 10.2 Å². The van der Waals surface area contributed by atoms with Crippen LogP contribution in [-0.2, 0) is 0 Å². The van der Waals surface area contributed by atoms with Crippen molar-refractivity contribution in [3.63, 3.8) is 0 Å². The summed E-state index contributed by atoms with van der Waals surface area (Å²) in [5.74, 6) is 0. The maximum atomic E-state index is 5.99. The quantitative estimate of drug-likeness (QED) is 0.810. The molecular weight excluding hydrogens is 220 g/mol. The predicted molar refractivity (Wildman–Crippen MR) is 70.5 cm³/mol. The molecular formula is C13H19ClN2. The van der Waals surface area contributed by atoms with Crippen molar-refractivity contribution in [2.45, 2.75) is 19.8 Å². The minimum absolute atomic E-state index is 0.829. The third-order valence-electron chi connectivity index (χ3n) is 3.06. The molecule has 2 rings (SSSR count). The highest BCUT2D eigenvalue weighted by Gasteiger charge is 2.10. The van der Waals surface area contributed by atoms with Crippen LogP contribution in [0.25, 0.3) is 0 Å². The standard InChI is InChI=1S/C13H19ClN2/c1-11-10-12(14)4-5-13(11)16-8-2-6-15-7-3-9-16/h4-5,10,15H,2-3,6-9H2,1H3. The molecule has 1 aromatic rings. The van der Waals surface area contributed by atoms with Crippen molar-refractivity contribution in [2.75, 3.05) is 31.1 Å². The third-order valence-corrected chi connectivity index (χ3v) is 3.30. The molecule has 1 heterocycles. The predicted octanol–water partition coefficient (Wildman–Crippen LogP) is 2.84. The van der Waals surface area contributed by atoms with Gasteiger partial charge in [-0.3, -0.25) is 0 Å². The van der Waals surface area contributed by atoms with Crippen LogP contribution in [-0.4, -0.2) is 26.2 Å². The molecule has 0 aliphatic carbocycles. The number of nitrogens with one attached hydrogen (secondary N) is 1. The lowest BCUT2D eigenvalue weighted by Crippen LogP contribution is -2.34. The second-order valence-corrected chi connectivity index (χ2v) is 4.81. The highest BCUT2D eigenvalue weighted by Crippen LogP contribution is 2.24. The van der Waals surface area contributed by atoms with Gasteiger partial charge in [0.2, 0.25) is 0 Å². The van der Waals surface area contributed by atoms with Crippen molar-refractivity contribution in [3.05, 3.63) is 28.8 Å². The van der Waals surface area contributed by atoms with Crippen molar-refractivity contribution >= 4 is 17.3 Å². The molecule has 0 atom stereocenters. The third kappa shape index (κ3) is 2.89. The lowest BCUT2D eigenvalue weighted by molar-refractivity contribution is 0.567. The second-order valence-electron chi connectivity index (χ2n) is 4.37. The molecule has 0 bridgehead atoms. The van der Waals surface area contributed by atoms with Crippen LogP contribution in [0, 0.1) is 6.92 Å². The van der Waals surface area contributed by atoms with Crippen LogP contribution in [0.4, 0.5) is 5.69 Å². The summed E-state index contributed by atoms with van der Waals surface area (Å²) in [7, 11) is 0. The Kier molecular flexibility index (Phi) is 4.08. The minimum Gasteiger partial charge on any atom is -0.371 e. The van der Waals surface area contributed by atoms with Crippen molar-refractivity contribution < 1.29 is 0 Å². The summed E-state index contributed by atoms with van der Waals surface area (Å²) in [5.41, 5.74) is 2.62. The summed E-state index contributed by atoms with van der Waals surface area (Å²) in [5, 5.41) is 4.26. The number of hydrogen-bond acceptors (Lipinski definition) is 2. The molecule has 0 unspecified atom stereocenters. The molecule has 2 nitrogen and oxygen atoms in total. The van der Waals surface area contributed by atoms with E-state index in [1.54, 1.807) is 0 Å². The van der Waals surface area contributed by atoms with E-state index in [1.807, 2.05) is 12.1 Å². The van der Waals surface area contributed by atoms with Crippen LogP contribution in [0.2, 0.25) is 5.02 Å². The Morgan fingerprint density at radius 3 is 2.50 bits per heavy atom. The van der Waals surface area contributed by atoms with Gasteiger partial charge in [0.15, 0.2) is 0 Å². The van der Waals surface area contributed by atoms with Crippen molar-refractivity contribution in [3.8, 4) is 0 Å². The zero-order valence-electron chi connectivity index (χ0n) is 9.80. The van der Waals surface area contributed by atoms with Crippen LogP contribution in [0.5, 0.6) is 0 Å². The number of aryl methyl sites for hydroxylation is 1. The van der Waals surface area contributed by atoms with E-state index in [2.05, 4.69) is 23.2 Å². The first kappa shape index (κ1) is 11.7. The van der Waals surface area contributed by atoms with E-state index in [-0.39, 0.29) is 0 Å². The number of anilines is 1. The van der Waals surface area contributed by atoms with Crippen molar-refractivity contribution in [2.24, 2.45) is 0 Å². The molecule has 16 heavy (non-hydrogen) atoms. The summed E-state index contributed by atoms with van der Waals surface area (Å²) < 4.78 is 0. The highest BCUT2D eigenvalue weighted by molar-refractivity contribution is 6.30. The van der Waals surface area contributed by atoms with Gasteiger partial charge in [0, 0.05) is 23.8 Å². The SMILES string of the molecule is Cc1cc(Cl)ccc1N1CCCNCCC1.